The molecule has 3 aromatic carbocycles. The van der Waals surface area contributed by atoms with Crippen molar-refractivity contribution in [1.82, 2.24) is 9.97 Å². The molecule has 0 aliphatic rings. The predicted octanol–water partition coefficient (Wildman–Crippen LogP) is 5.73. The Balaban J connectivity index is 1.54. The summed E-state index contributed by atoms with van der Waals surface area (Å²) in [6, 6.07) is 23.4. The zero-order valence-corrected chi connectivity index (χ0v) is 18.3. The van der Waals surface area contributed by atoms with Crippen LogP contribution in [0.2, 0.25) is 0 Å². The summed E-state index contributed by atoms with van der Waals surface area (Å²) in [5.74, 6) is 1.61. The normalized spacial score (nSPS) is 10.8. The number of nitrogens with one attached hydrogen (secondary N) is 1. The number of thioether (sulfide) groups is 1. The van der Waals surface area contributed by atoms with Gasteiger partial charge in [-0.1, -0.05) is 53.7 Å². The Morgan fingerprint density at radius 3 is 2.52 bits per heavy atom. The van der Waals surface area contributed by atoms with Gasteiger partial charge in [-0.2, -0.15) is 0 Å². The third-order valence-electron chi connectivity index (χ3n) is 4.64. The molecule has 31 heavy (non-hydrogen) atoms. The number of aromatic nitrogens is 2. The molecule has 1 N–H and O–H groups in total. The van der Waals surface area contributed by atoms with Gasteiger partial charge < -0.3 is 10.1 Å². The van der Waals surface area contributed by atoms with Crippen LogP contribution >= 0.6 is 11.8 Å². The number of benzene rings is 3. The van der Waals surface area contributed by atoms with Gasteiger partial charge in [0.1, 0.15) is 10.8 Å². The molecule has 0 aliphatic heterocycles. The molecule has 0 aliphatic carbocycles. The average molecular weight is 430 g/mol. The van der Waals surface area contributed by atoms with Crippen molar-refractivity contribution in [2.45, 2.75) is 18.9 Å². The molecule has 0 saturated heterocycles. The minimum Gasteiger partial charge on any atom is -0.494 e. The maximum atomic E-state index is 12.5. The zero-order chi connectivity index (χ0) is 21.6. The van der Waals surface area contributed by atoms with Crippen LogP contribution in [-0.2, 0) is 4.79 Å². The second-order valence-corrected chi connectivity index (χ2v) is 8.00. The van der Waals surface area contributed by atoms with Crippen molar-refractivity contribution in [3.8, 4) is 17.1 Å². The average Bonchev–Trinajstić information content (AvgIpc) is 2.79. The topological polar surface area (TPSA) is 64.1 Å². The number of carbonyl (C=O) groups excluding carboxylic acids is 1. The summed E-state index contributed by atoms with van der Waals surface area (Å²) < 4.78 is 5.44. The fourth-order valence-corrected chi connectivity index (χ4v) is 3.98. The van der Waals surface area contributed by atoms with E-state index in [1.54, 1.807) is 0 Å². The molecule has 4 aromatic rings. The maximum Gasteiger partial charge on any atom is 0.234 e. The lowest BCUT2D eigenvalue weighted by Crippen LogP contribution is -2.14. The number of hydrogen-bond acceptors (Lipinski definition) is 5. The van der Waals surface area contributed by atoms with Crippen LogP contribution in [0.15, 0.2) is 77.8 Å². The Hall–Kier alpha value is -3.38. The van der Waals surface area contributed by atoms with Crippen molar-refractivity contribution in [2.75, 3.05) is 17.7 Å². The van der Waals surface area contributed by atoms with Crippen LogP contribution in [0.5, 0.6) is 5.75 Å². The summed E-state index contributed by atoms with van der Waals surface area (Å²) in [4.78, 5) is 22.1. The largest absolute Gasteiger partial charge is 0.494 e. The van der Waals surface area contributed by atoms with Crippen LogP contribution in [0.4, 0.5) is 5.69 Å². The number of nitrogens with zero attached hydrogens (tertiary/aromatic N) is 2. The van der Waals surface area contributed by atoms with E-state index in [4.69, 9.17) is 14.7 Å². The summed E-state index contributed by atoms with van der Waals surface area (Å²) in [6.07, 6.45) is 0. The summed E-state index contributed by atoms with van der Waals surface area (Å²) in [5, 5.41) is 4.69. The molecule has 0 spiro atoms. The highest BCUT2D eigenvalue weighted by Crippen LogP contribution is 2.29. The lowest BCUT2D eigenvalue weighted by molar-refractivity contribution is -0.113. The van der Waals surface area contributed by atoms with Crippen LogP contribution in [0.1, 0.15) is 12.5 Å². The lowest BCUT2D eigenvalue weighted by Gasteiger charge is -2.10. The van der Waals surface area contributed by atoms with Crippen LogP contribution in [0, 0.1) is 6.92 Å². The molecule has 1 amide bonds. The first-order valence-electron chi connectivity index (χ1n) is 10.1. The number of ether oxygens (including phenoxy) is 1. The first kappa shape index (κ1) is 20.9. The minimum atomic E-state index is -0.0881. The minimum absolute atomic E-state index is 0.0881. The SMILES string of the molecule is CCOc1ccc(NC(=O)CSc2nc(-c3ccccc3)nc3ccc(C)cc23)cc1. The van der Waals surface area contributed by atoms with Crippen molar-refractivity contribution in [1.29, 1.82) is 0 Å². The number of rotatable bonds is 7. The van der Waals surface area contributed by atoms with Crippen LogP contribution in [0.25, 0.3) is 22.3 Å². The zero-order valence-electron chi connectivity index (χ0n) is 17.5. The predicted molar refractivity (Wildman–Crippen MR) is 127 cm³/mol. The molecule has 0 saturated carbocycles. The molecular formula is C25H23N3O2S. The van der Waals surface area contributed by atoms with Crippen LogP contribution in [0.3, 0.4) is 0 Å². The van der Waals surface area contributed by atoms with E-state index in [2.05, 4.69) is 11.4 Å². The van der Waals surface area contributed by atoms with Crippen molar-refractivity contribution in [3.05, 3.63) is 78.4 Å². The molecule has 1 heterocycles. The van der Waals surface area contributed by atoms with E-state index in [0.717, 1.165) is 38.5 Å². The van der Waals surface area contributed by atoms with E-state index in [9.17, 15) is 4.79 Å². The van der Waals surface area contributed by atoms with Gasteiger partial charge in [0.2, 0.25) is 5.91 Å². The molecule has 4 rings (SSSR count). The summed E-state index contributed by atoms with van der Waals surface area (Å²) >= 11 is 1.42. The summed E-state index contributed by atoms with van der Waals surface area (Å²) in [5.41, 5.74) is 3.69. The number of anilines is 1. The van der Waals surface area contributed by atoms with E-state index in [-0.39, 0.29) is 11.7 Å². The van der Waals surface area contributed by atoms with Gasteiger partial charge in [-0.05, 0) is 50.2 Å². The fourth-order valence-electron chi connectivity index (χ4n) is 3.17. The van der Waals surface area contributed by atoms with Crippen molar-refractivity contribution >= 4 is 34.3 Å². The Kier molecular flexibility index (Phi) is 6.48. The lowest BCUT2D eigenvalue weighted by atomic mass is 10.1. The van der Waals surface area contributed by atoms with Crippen LogP contribution in [-0.4, -0.2) is 28.2 Å². The van der Waals surface area contributed by atoms with Crippen LogP contribution < -0.4 is 10.1 Å². The fraction of sp³-hybridized carbons (Fsp3) is 0.160. The molecule has 5 nitrogen and oxygen atoms in total. The maximum absolute atomic E-state index is 12.5. The molecule has 0 unspecified atom stereocenters. The molecule has 0 radical (unpaired) electrons. The van der Waals surface area contributed by atoms with Crippen molar-refractivity contribution < 1.29 is 9.53 Å². The number of aryl methyl sites for hydroxylation is 1. The Bertz CT molecular complexity index is 1190. The quantitative estimate of drug-likeness (QED) is 0.300. The number of hydrogen-bond donors (Lipinski definition) is 1. The van der Waals surface area contributed by atoms with Gasteiger partial charge >= 0.3 is 0 Å². The smallest absolute Gasteiger partial charge is 0.234 e. The molecule has 0 fully saturated rings. The molecular weight excluding hydrogens is 406 g/mol. The van der Waals surface area contributed by atoms with Crippen molar-refractivity contribution in [3.63, 3.8) is 0 Å². The first-order chi connectivity index (χ1) is 15.1. The molecule has 0 atom stereocenters. The number of carbonyl (C=O) groups is 1. The van der Waals surface area contributed by atoms with Gasteiger partial charge in [0.15, 0.2) is 5.82 Å². The second-order valence-electron chi connectivity index (χ2n) is 7.03. The Morgan fingerprint density at radius 1 is 1.00 bits per heavy atom. The monoisotopic (exact) mass is 429 g/mol. The van der Waals surface area contributed by atoms with Crippen molar-refractivity contribution in [2.24, 2.45) is 0 Å². The molecule has 6 heteroatoms. The Labute approximate surface area is 185 Å². The van der Waals surface area contributed by atoms with Gasteiger partial charge in [-0.3, -0.25) is 4.79 Å². The Morgan fingerprint density at radius 2 is 1.77 bits per heavy atom. The van der Waals surface area contributed by atoms with Gasteiger partial charge in [-0.25, -0.2) is 9.97 Å². The second kappa shape index (κ2) is 9.62. The number of fused-ring (bicyclic) bond motifs is 1. The van der Waals surface area contributed by atoms with Gasteiger partial charge in [0.05, 0.1) is 17.9 Å². The highest BCUT2D eigenvalue weighted by Gasteiger charge is 2.12. The highest BCUT2D eigenvalue weighted by molar-refractivity contribution is 8.00. The first-order valence-corrected chi connectivity index (χ1v) is 11.1. The number of amides is 1. The van der Waals surface area contributed by atoms with Gasteiger partial charge in [0, 0.05) is 16.6 Å². The van der Waals surface area contributed by atoms with E-state index < -0.39 is 0 Å². The summed E-state index contributed by atoms with van der Waals surface area (Å²) in [6.45, 7) is 4.59. The van der Waals surface area contributed by atoms with Gasteiger partial charge in [-0.15, -0.1) is 0 Å². The molecule has 156 valence electrons. The summed E-state index contributed by atoms with van der Waals surface area (Å²) in [7, 11) is 0. The third-order valence-corrected chi connectivity index (χ3v) is 5.63. The van der Waals surface area contributed by atoms with Gasteiger partial charge in [0.25, 0.3) is 0 Å². The third kappa shape index (κ3) is 5.22. The van der Waals surface area contributed by atoms with E-state index in [0.29, 0.717) is 12.4 Å². The molecule has 0 bridgehead atoms. The van der Waals surface area contributed by atoms with E-state index >= 15 is 0 Å². The van der Waals surface area contributed by atoms with E-state index in [1.807, 2.05) is 80.6 Å². The molecule has 1 aromatic heterocycles. The highest BCUT2D eigenvalue weighted by atomic mass is 32.2. The standard InChI is InChI=1S/C25H23N3O2S/c1-3-30-20-12-10-19(11-13-20)26-23(29)16-31-25-21-15-17(2)9-14-22(21)27-24(28-25)18-7-5-4-6-8-18/h4-15H,3,16H2,1-2H3,(H,26,29). The van der Waals surface area contributed by atoms with E-state index in [1.165, 1.54) is 11.8 Å².